The highest BCUT2D eigenvalue weighted by molar-refractivity contribution is 5.68. The molecule has 0 bridgehead atoms. The minimum absolute atomic E-state index is 0.0226. The number of ether oxygens (including phenoxy) is 2. The second-order valence-corrected chi connectivity index (χ2v) is 5.65. The van der Waals surface area contributed by atoms with Crippen LogP contribution in [0.5, 0.6) is 0 Å². The third-order valence-electron chi connectivity index (χ3n) is 3.98. The van der Waals surface area contributed by atoms with Crippen molar-refractivity contribution >= 4 is 6.09 Å². The van der Waals surface area contributed by atoms with Crippen LogP contribution in [0.2, 0.25) is 0 Å². The molecule has 1 aliphatic heterocycles. The van der Waals surface area contributed by atoms with E-state index in [1.54, 1.807) is 4.90 Å². The van der Waals surface area contributed by atoms with Crippen molar-refractivity contribution < 1.29 is 14.3 Å². The first-order valence-electron chi connectivity index (χ1n) is 7.92. The molecule has 3 rings (SSSR count). The third kappa shape index (κ3) is 4.33. The van der Waals surface area contributed by atoms with E-state index in [2.05, 4.69) is 12.1 Å². The maximum Gasteiger partial charge on any atom is 0.410 e. The van der Waals surface area contributed by atoms with Gasteiger partial charge in [0.05, 0.1) is 19.3 Å². The van der Waals surface area contributed by atoms with Crippen molar-refractivity contribution in [2.45, 2.75) is 19.1 Å². The van der Waals surface area contributed by atoms with E-state index in [1.165, 1.54) is 5.56 Å². The molecule has 0 N–H and O–H groups in total. The lowest BCUT2D eigenvalue weighted by Crippen LogP contribution is -2.49. The molecule has 4 nitrogen and oxygen atoms in total. The van der Waals surface area contributed by atoms with Gasteiger partial charge in [0.2, 0.25) is 0 Å². The van der Waals surface area contributed by atoms with Crippen LogP contribution in [-0.2, 0) is 22.5 Å². The molecule has 0 aliphatic carbocycles. The topological polar surface area (TPSA) is 38.8 Å². The van der Waals surface area contributed by atoms with Crippen molar-refractivity contribution in [1.29, 1.82) is 0 Å². The number of hydrogen-bond acceptors (Lipinski definition) is 3. The molecule has 120 valence electrons. The second-order valence-electron chi connectivity index (χ2n) is 5.65. The van der Waals surface area contributed by atoms with Crippen LogP contribution in [0.1, 0.15) is 11.1 Å². The lowest BCUT2D eigenvalue weighted by Gasteiger charge is -2.34. The van der Waals surface area contributed by atoms with Crippen molar-refractivity contribution in [3.8, 4) is 0 Å². The van der Waals surface area contributed by atoms with Gasteiger partial charge < -0.3 is 14.4 Å². The highest BCUT2D eigenvalue weighted by Gasteiger charge is 2.28. The molecule has 1 unspecified atom stereocenters. The average molecular weight is 311 g/mol. The Bertz CT molecular complexity index is 615. The number of nitrogens with zero attached hydrogens (tertiary/aromatic N) is 1. The molecule has 1 aliphatic rings. The second kappa shape index (κ2) is 7.79. The van der Waals surface area contributed by atoms with E-state index in [1.807, 2.05) is 48.5 Å². The maximum atomic E-state index is 12.4. The third-order valence-corrected chi connectivity index (χ3v) is 3.98. The van der Waals surface area contributed by atoms with E-state index in [9.17, 15) is 4.79 Å². The summed E-state index contributed by atoms with van der Waals surface area (Å²) < 4.78 is 11.0. The SMILES string of the molecule is O=C(OCc1ccccc1)N1CCOCC1Cc1ccccc1. The molecule has 1 saturated heterocycles. The van der Waals surface area contributed by atoms with Crippen LogP contribution < -0.4 is 0 Å². The molecule has 1 amide bonds. The molecule has 1 atom stereocenters. The van der Waals surface area contributed by atoms with Crippen LogP contribution in [0.3, 0.4) is 0 Å². The minimum atomic E-state index is -0.266. The van der Waals surface area contributed by atoms with Crippen LogP contribution in [0.4, 0.5) is 4.79 Å². The summed E-state index contributed by atoms with van der Waals surface area (Å²) in [5.74, 6) is 0. The predicted octanol–water partition coefficient (Wildman–Crippen LogP) is 3.27. The van der Waals surface area contributed by atoms with Crippen molar-refractivity contribution in [3.05, 3.63) is 71.8 Å². The molecule has 2 aromatic carbocycles. The molecule has 0 aromatic heterocycles. The van der Waals surface area contributed by atoms with Gasteiger partial charge in [-0.15, -0.1) is 0 Å². The van der Waals surface area contributed by atoms with Gasteiger partial charge >= 0.3 is 6.09 Å². The average Bonchev–Trinajstić information content (AvgIpc) is 2.62. The fraction of sp³-hybridized carbons (Fsp3) is 0.316. The van der Waals surface area contributed by atoms with Crippen molar-refractivity contribution in [3.63, 3.8) is 0 Å². The van der Waals surface area contributed by atoms with Crippen LogP contribution in [-0.4, -0.2) is 36.8 Å². The van der Waals surface area contributed by atoms with Gasteiger partial charge in [-0.2, -0.15) is 0 Å². The predicted molar refractivity (Wildman–Crippen MR) is 88.1 cm³/mol. The smallest absolute Gasteiger partial charge is 0.410 e. The lowest BCUT2D eigenvalue weighted by molar-refractivity contribution is -0.0103. The first-order valence-corrected chi connectivity index (χ1v) is 7.92. The summed E-state index contributed by atoms with van der Waals surface area (Å²) in [7, 11) is 0. The Morgan fingerprint density at radius 3 is 2.39 bits per heavy atom. The quantitative estimate of drug-likeness (QED) is 0.870. The standard InChI is InChI=1S/C19H21NO3/c21-19(23-14-17-9-5-2-6-10-17)20-11-12-22-15-18(20)13-16-7-3-1-4-8-16/h1-10,18H,11-15H2. The van der Waals surface area contributed by atoms with Crippen molar-refractivity contribution in [1.82, 2.24) is 4.90 Å². The Labute approximate surface area is 136 Å². The van der Waals surface area contributed by atoms with E-state index >= 15 is 0 Å². The number of carbonyl (C=O) groups is 1. The zero-order chi connectivity index (χ0) is 15.9. The van der Waals surface area contributed by atoms with Crippen LogP contribution in [0, 0.1) is 0 Å². The summed E-state index contributed by atoms with van der Waals surface area (Å²) >= 11 is 0. The van der Waals surface area contributed by atoms with Gasteiger partial charge in [-0.1, -0.05) is 60.7 Å². The number of morpholine rings is 1. The minimum Gasteiger partial charge on any atom is -0.445 e. The lowest BCUT2D eigenvalue weighted by atomic mass is 10.0. The molecule has 2 aromatic rings. The highest BCUT2D eigenvalue weighted by Crippen LogP contribution is 2.15. The molecule has 0 saturated carbocycles. The number of benzene rings is 2. The normalized spacial score (nSPS) is 17.7. The molecule has 0 spiro atoms. The maximum absolute atomic E-state index is 12.4. The van der Waals surface area contributed by atoms with E-state index < -0.39 is 0 Å². The van der Waals surface area contributed by atoms with Crippen LogP contribution in [0.15, 0.2) is 60.7 Å². The Balaban J connectivity index is 1.60. The molecule has 4 heteroatoms. The zero-order valence-electron chi connectivity index (χ0n) is 13.1. The van der Waals surface area contributed by atoms with Crippen molar-refractivity contribution in [2.75, 3.05) is 19.8 Å². The Hall–Kier alpha value is -2.33. The van der Waals surface area contributed by atoms with E-state index in [0.717, 1.165) is 12.0 Å². The zero-order valence-corrected chi connectivity index (χ0v) is 13.1. The molecule has 0 radical (unpaired) electrons. The summed E-state index contributed by atoms with van der Waals surface area (Å²) in [4.78, 5) is 14.2. The molecular formula is C19H21NO3. The van der Waals surface area contributed by atoms with E-state index in [0.29, 0.717) is 26.4 Å². The van der Waals surface area contributed by atoms with Crippen LogP contribution >= 0.6 is 0 Å². The van der Waals surface area contributed by atoms with Crippen LogP contribution in [0.25, 0.3) is 0 Å². The van der Waals surface area contributed by atoms with Gasteiger partial charge in [-0.05, 0) is 17.5 Å². The highest BCUT2D eigenvalue weighted by atomic mass is 16.6. The Morgan fingerprint density at radius 2 is 1.70 bits per heavy atom. The molecule has 1 heterocycles. The Kier molecular flexibility index (Phi) is 5.27. The largest absolute Gasteiger partial charge is 0.445 e. The summed E-state index contributed by atoms with van der Waals surface area (Å²) in [6.07, 6.45) is 0.513. The summed E-state index contributed by atoms with van der Waals surface area (Å²) in [6, 6.07) is 19.9. The first-order chi connectivity index (χ1) is 11.3. The number of rotatable bonds is 4. The number of hydrogen-bond donors (Lipinski definition) is 0. The van der Waals surface area contributed by atoms with Gasteiger partial charge in [-0.25, -0.2) is 4.79 Å². The van der Waals surface area contributed by atoms with Gasteiger partial charge in [0.25, 0.3) is 0 Å². The Morgan fingerprint density at radius 1 is 1.04 bits per heavy atom. The number of amides is 1. The summed E-state index contributed by atoms with van der Waals surface area (Å²) in [6.45, 7) is 1.99. The van der Waals surface area contributed by atoms with Gasteiger partial charge in [0.15, 0.2) is 0 Å². The monoisotopic (exact) mass is 311 g/mol. The molecule has 23 heavy (non-hydrogen) atoms. The van der Waals surface area contributed by atoms with Gasteiger partial charge in [-0.3, -0.25) is 0 Å². The first kappa shape index (κ1) is 15.6. The van der Waals surface area contributed by atoms with Crippen molar-refractivity contribution in [2.24, 2.45) is 0 Å². The summed E-state index contributed by atoms with van der Waals surface area (Å²) in [5.41, 5.74) is 2.19. The summed E-state index contributed by atoms with van der Waals surface area (Å²) in [5, 5.41) is 0. The molecule has 1 fully saturated rings. The van der Waals surface area contributed by atoms with Gasteiger partial charge in [0.1, 0.15) is 6.61 Å². The van der Waals surface area contributed by atoms with E-state index in [4.69, 9.17) is 9.47 Å². The number of carbonyl (C=O) groups excluding carboxylic acids is 1. The fourth-order valence-electron chi connectivity index (χ4n) is 2.75. The fourth-order valence-corrected chi connectivity index (χ4v) is 2.75. The van der Waals surface area contributed by atoms with E-state index in [-0.39, 0.29) is 12.1 Å². The van der Waals surface area contributed by atoms with Gasteiger partial charge in [0, 0.05) is 6.54 Å². The molecular weight excluding hydrogens is 290 g/mol.